The summed E-state index contributed by atoms with van der Waals surface area (Å²) in [6.45, 7) is 2.30. The number of carbonyl (C=O) groups excluding carboxylic acids is 2. The van der Waals surface area contributed by atoms with Crippen molar-refractivity contribution in [3.05, 3.63) is 0 Å². The Hall–Kier alpha value is -1.34. The normalized spacial score (nSPS) is 16.1. The summed E-state index contributed by atoms with van der Waals surface area (Å²) in [5.41, 5.74) is 0. The summed E-state index contributed by atoms with van der Waals surface area (Å²) in [6.07, 6.45) is 1.56. The molecule has 0 saturated carbocycles. The van der Waals surface area contributed by atoms with E-state index in [-0.39, 0.29) is 24.6 Å². The second-order valence-electron chi connectivity index (χ2n) is 5.05. The van der Waals surface area contributed by atoms with E-state index in [9.17, 15) is 9.59 Å². The molecule has 116 valence electrons. The van der Waals surface area contributed by atoms with Crippen LogP contribution in [0, 0.1) is 0 Å². The summed E-state index contributed by atoms with van der Waals surface area (Å²) in [6, 6.07) is 0.150. The molecule has 1 fully saturated rings. The molecule has 3 amide bonds. The lowest BCUT2D eigenvalue weighted by Gasteiger charge is -2.33. The summed E-state index contributed by atoms with van der Waals surface area (Å²) in [7, 11) is 5.08. The third kappa shape index (κ3) is 5.75. The minimum Gasteiger partial charge on any atom is -0.382 e. The van der Waals surface area contributed by atoms with Gasteiger partial charge in [0.25, 0.3) is 0 Å². The van der Waals surface area contributed by atoms with Gasteiger partial charge < -0.3 is 24.6 Å². The molecule has 20 heavy (non-hydrogen) atoms. The lowest BCUT2D eigenvalue weighted by atomic mass is 10.1. The predicted octanol–water partition coefficient (Wildman–Crippen LogP) is -0.0884. The summed E-state index contributed by atoms with van der Waals surface area (Å²) in [4.78, 5) is 26.8. The molecule has 1 saturated heterocycles. The van der Waals surface area contributed by atoms with Gasteiger partial charge in [-0.15, -0.1) is 0 Å². The van der Waals surface area contributed by atoms with E-state index in [0.29, 0.717) is 26.3 Å². The molecule has 0 unspecified atom stereocenters. The monoisotopic (exact) mass is 287 g/mol. The average Bonchev–Trinajstić information content (AvgIpc) is 2.43. The van der Waals surface area contributed by atoms with Crippen LogP contribution in [0.5, 0.6) is 0 Å². The van der Waals surface area contributed by atoms with Gasteiger partial charge in [-0.05, 0) is 12.8 Å². The topological polar surface area (TPSA) is 71.1 Å². The Kier molecular flexibility index (Phi) is 7.32. The van der Waals surface area contributed by atoms with E-state index < -0.39 is 0 Å². The maximum absolute atomic E-state index is 11.8. The first-order valence-electron chi connectivity index (χ1n) is 6.87. The second kappa shape index (κ2) is 8.76. The number of rotatable bonds is 6. The largest absolute Gasteiger partial charge is 0.382 e. The minimum atomic E-state index is -0.113. The first-order chi connectivity index (χ1) is 9.54. The molecule has 7 nitrogen and oxygen atoms in total. The van der Waals surface area contributed by atoms with E-state index >= 15 is 0 Å². The van der Waals surface area contributed by atoms with Crippen molar-refractivity contribution < 1.29 is 19.1 Å². The molecule has 1 heterocycles. The van der Waals surface area contributed by atoms with E-state index in [2.05, 4.69) is 5.32 Å². The van der Waals surface area contributed by atoms with Crippen molar-refractivity contribution in [2.24, 2.45) is 0 Å². The van der Waals surface area contributed by atoms with Gasteiger partial charge in [0, 0.05) is 40.3 Å². The highest BCUT2D eigenvalue weighted by atomic mass is 16.5. The summed E-state index contributed by atoms with van der Waals surface area (Å²) in [5, 5.41) is 2.93. The molecule has 0 radical (unpaired) electrons. The van der Waals surface area contributed by atoms with Crippen LogP contribution in [-0.2, 0) is 14.3 Å². The fourth-order valence-corrected chi connectivity index (χ4v) is 2.07. The van der Waals surface area contributed by atoms with E-state index in [1.54, 1.807) is 31.0 Å². The van der Waals surface area contributed by atoms with Gasteiger partial charge in [0.2, 0.25) is 5.91 Å². The van der Waals surface area contributed by atoms with Crippen LogP contribution in [0.25, 0.3) is 0 Å². The Bertz CT molecular complexity index is 315. The van der Waals surface area contributed by atoms with Crippen molar-refractivity contribution in [3.8, 4) is 0 Å². The average molecular weight is 287 g/mol. The molecule has 0 bridgehead atoms. The maximum atomic E-state index is 11.8. The Labute approximate surface area is 120 Å². The Morgan fingerprint density at radius 1 is 1.25 bits per heavy atom. The lowest BCUT2D eigenvalue weighted by Crippen LogP contribution is -2.49. The Morgan fingerprint density at radius 2 is 1.90 bits per heavy atom. The van der Waals surface area contributed by atoms with Crippen LogP contribution >= 0.6 is 0 Å². The molecule has 0 aliphatic carbocycles. The zero-order valence-corrected chi connectivity index (χ0v) is 12.6. The third-order valence-corrected chi connectivity index (χ3v) is 3.18. The first-order valence-corrected chi connectivity index (χ1v) is 6.87. The van der Waals surface area contributed by atoms with E-state index in [4.69, 9.17) is 9.47 Å². The van der Waals surface area contributed by atoms with Gasteiger partial charge in [-0.25, -0.2) is 4.79 Å². The van der Waals surface area contributed by atoms with Crippen molar-refractivity contribution in [1.82, 2.24) is 15.1 Å². The van der Waals surface area contributed by atoms with Crippen LogP contribution in [0.15, 0.2) is 0 Å². The number of nitrogens with zero attached hydrogens (tertiary/aromatic N) is 2. The highest BCUT2D eigenvalue weighted by Crippen LogP contribution is 2.11. The van der Waals surface area contributed by atoms with Gasteiger partial charge in [0.1, 0.15) is 6.61 Å². The molecule has 0 atom stereocenters. The summed E-state index contributed by atoms with van der Waals surface area (Å²) in [5.74, 6) is -0.113. The predicted molar refractivity (Wildman–Crippen MR) is 74.5 cm³/mol. The number of carbonyl (C=O) groups is 2. The molecule has 0 spiro atoms. The molecule has 0 aromatic rings. The SMILES string of the molecule is COCCOCC(=O)NC1CCN(C(=O)N(C)C)CC1. The molecule has 0 aromatic carbocycles. The summed E-state index contributed by atoms with van der Waals surface area (Å²) < 4.78 is 9.99. The molecule has 1 aliphatic heterocycles. The number of likely N-dealkylation sites (tertiary alicyclic amines) is 1. The van der Waals surface area contributed by atoms with Crippen LogP contribution in [0.3, 0.4) is 0 Å². The zero-order valence-electron chi connectivity index (χ0n) is 12.6. The number of hydrogen-bond acceptors (Lipinski definition) is 4. The molecule has 1 aliphatic rings. The van der Waals surface area contributed by atoms with Crippen LogP contribution in [0.4, 0.5) is 4.79 Å². The number of methoxy groups -OCH3 is 1. The van der Waals surface area contributed by atoms with Crippen LogP contribution in [0.1, 0.15) is 12.8 Å². The van der Waals surface area contributed by atoms with Crippen molar-refractivity contribution in [3.63, 3.8) is 0 Å². The minimum absolute atomic E-state index is 0.0256. The highest BCUT2D eigenvalue weighted by molar-refractivity contribution is 5.77. The van der Waals surface area contributed by atoms with Crippen molar-refractivity contribution in [2.75, 3.05) is 54.1 Å². The van der Waals surface area contributed by atoms with E-state index in [1.807, 2.05) is 0 Å². The number of amides is 3. The van der Waals surface area contributed by atoms with Gasteiger partial charge in [-0.2, -0.15) is 0 Å². The quantitative estimate of drug-likeness (QED) is 0.693. The van der Waals surface area contributed by atoms with Gasteiger partial charge in [-0.1, -0.05) is 0 Å². The molecular weight excluding hydrogens is 262 g/mol. The number of hydrogen-bond donors (Lipinski definition) is 1. The lowest BCUT2D eigenvalue weighted by molar-refractivity contribution is -0.127. The van der Waals surface area contributed by atoms with Crippen molar-refractivity contribution in [2.45, 2.75) is 18.9 Å². The fourth-order valence-electron chi connectivity index (χ4n) is 2.07. The standard InChI is InChI=1S/C13H25N3O4/c1-15(2)13(18)16-6-4-11(5-7-16)14-12(17)10-20-9-8-19-3/h11H,4-10H2,1-3H3,(H,14,17). The number of piperidine rings is 1. The maximum Gasteiger partial charge on any atom is 0.319 e. The Morgan fingerprint density at radius 3 is 2.45 bits per heavy atom. The van der Waals surface area contributed by atoms with Crippen molar-refractivity contribution in [1.29, 1.82) is 0 Å². The second-order valence-corrected chi connectivity index (χ2v) is 5.05. The Balaban J connectivity index is 2.18. The number of ether oxygens (including phenoxy) is 2. The highest BCUT2D eigenvalue weighted by Gasteiger charge is 2.24. The van der Waals surface area contributed by atoms with Gasteiger partial charge in [0.15, 0.2) is 0 Å². The first kappa shape index (κ1) is 16.7. The van der Waals surface area contributed by atoms with Crippen LogP contribution < -0.4 is 5.32 Å². The van der Waals surface area contributed by atoms with Crippen molar-refractivity contribution >= 4 is 11.9 Å². The molecule has 1 N–H and O–H groups in total. The molecular formula is C13H25N3O4. The zero-order chi connectivity index (χ0) is 15.0. The molecule has 7 heteroatoms. The number of urea groups is 1. The van der Waals surface area contributed by atoms with Gasteiger partial charge >= 0.3 is 6.03 Å². The molecule has 0 aromatic heterocycles. The van der Waals surface area contributed by atoms with Crippen LogP contribution in [-0.4, -0.2) is 81.9 Å². The number of nitrogens with one attached hydrogen (secondary N) is 1. The van der Waals surface area contributed by atoms with Gasteiger partial charge in [-0.3, -0.25) is 4.79 Å². The molecule has 1 rings (SSSR count). The smallest absolute Gasteiger partial charge is 0.319 e. The van der Waals surface area contributed by atoms with Crippen LogP contribution in [0.2, 0.25) is 0 Å². The fraction of sp³-hybridized carbons (Fsp3) is 0.846. The summed E-state index contributed by atoms with van der Waals surface area (Å²) >= 11 is 0. The van der Waals surface area contributed by atoms with E-state index in [1.165, 1.54) is 0 Å². The third-order valence-electron chi connectivity index (χ3n) is 3.18. The van der Waals surface area contributed by atoms with Gasteiger partial charge in [0.05, 0.1) is 13.2 Å². The van der Waals surface area contributed by atoms with E-state index in [0.717, 1.165) is 12.8 Å².